The van der Waals surface area contributed by atoms with Crippen molar-refractivity contribution < 1.29 is 0 Å². The van der Waals surface area contributed by atoms with Gasteiger partial charge in [-0.2, -0.15) is 15.6 Å². The standard InChI is InChI=1S/C12H17N5/c1-3-4-9(6-13)5-8(2)11-10(7-14)12(15)17-16-11/h8-9H,3-5H2,1-2H3,(H3,15,16,17). The topological polar surface area (TPSA) is 102 Å². The van der Waals surface area contributed by atoms with Crippen LogP contribution in [0.3, 0.4) is 0 Å². The van der Waals surface area contributed by atoms with E-state index in [4.69, 9.17) is 16.3 Å². The van der Waals surface area contributed by atoms with E-state index in [0.29, 0.717) is 5.56 Å². The summed E-state index contributed by atoms with van der Waals surface area (Å²) in [5.41, 5.74) is 6.73. The maximum Gasteiger partial charge on any atom is 0.163 e. The summed E-state index contributed by atoms with van der Waals surface area (Å²) in [7, 11) is 0. The molecule has 0 aromatic carbocycles. The number of nitrogens with zero attached hydrogens (tertiary/aromatic N) is 3. The molecule has 0 saturated heterocycles. The fraction of sp³-hybridized carbons (Fsp3) is 0.583. The minimum atomic E-state index is 0.0195. The average molecular weight is 231 g/mol. The summed E-state index contributed by atoms with van der Waals surface area (Å²) in [5, 5.41) is 24.6. The minimum absolute atomic E-state index is 0.0195. The van der Waals surface area contributed by atoms with Crippen LogP contribution in [0.15, 0.2) is 0 Å². The molecule has 2 unspecified atom stereocenters. The van der Waals surface area contributed by atoms with Crippen molar-refractivity contribution in [2.75, 3.05) is 5.73 Å². The lowest BCUT2D eigenvalue weighted by atomic mass is 9.90. The second-order valence-electron chi connectivity index (χ2n) is 4.26. The predicted molar refractivity (Wildman–Crippen MR) is 64.8 cm³/mol. The Balaban J connectivity index is 2.80. The summed E-state index contributed by atoms with van der Waals surface area (Å²) in [6.45, 7) is 4.04. The van der Waals surface area contributed by atoms with Gasteiger partial charge in [0, 0.05) is 11.8 Å². The normalized spacial score (nSPS) is 13.6. The molecule has 0 aliphatic rings. The highest BCUT2D eigenvalue weighted by atomic mass is 15.2. The summed E-state index contributed by atoms with van der Waals surface area (Å²) in [5.74, 6) is 0.343. The Kier molecular flexibility index (Phi) is 4.54. The molecule has 0 fully saturated rings. The zero-order chi connectivity index (χ0) is 12.8. The van der Waals surface area contributed by atoms with Crippen LogP contribution in [0.4, 0.5) is 5.82 Å². The SMILES string of the molecule is CCCC(C#N)CC(C)c1[nH]nc(N)c1C#N. The first-order chi connectivity index (χ1) is 8.13. The van der Waals surface area contributed by atoms with Crippen molar-refractivity contribution in [3.8, 4) is 12.1 Å². The highest BCUT2D eigenvalue weighted by Gasteiger charge is 2.19. The van der Waals surface area contributed by atoms with Crippen LogP contribution in [-0.4, -0.2) is 10.2 Å². The third kappa shape index (κ3) is 2.98. The van der Waals surface area contributed by atoms with Gasteiger partial charge < -0.3 is 5.73 Å². The van der Waals surface area contributed by atoms with Crippen LogP contribution in [0.25, 0.3) is 0 Å². The van der Waals surface area contributed by atoms with Crippen LogP contribution < -0.4 is 5.73 Å². The zero-order valence-corrected chi connectivity index (χ0v) is 10.2. The molecule has 5 nitrogen and oxygen atoms in total. The van der Waals surface area contributed by atoms with E-state index in [1.54, 1.807) is 0 Å². The smallest absolute Gasteiger partial charge is 0.163 e. The van der Waals surface area contributed by atoms with Gasteiger partial charge in [0.15, 0.2) is 5.82 Å². The number of nitrogens with two attached hydrogens (primary N) is 1. The summed E-state index contributed by atoms with van der Waals surface area (Å²) in [6, 6.07) is 4.35. The highest BCUT2D eigenvalue weighted by molar-refractivity contribution is 5.51. The van der Waals surface area contributed by atoms with Crippen molar-refractivity contribution in [3.63, 3.8) is 0 Å². The van der Waals surface area contributed by atoms with Crippen molar-refractivity contribution in [2.45, 2.75) is 39.0 Å². The average Bonchev–Trinajstić information content (AvgIpc) is 2.69. The van der Waals surface area contributed by atoms with Gasteiger partial charge in [-0.15, -0.1) is 0 Å². The van der Waals surface area contributed by atoms with Crippen molar-refractivity contribution in [2.24, 2.45) is 5.92 Å². The van der Waals surface area contributed by atoms with Gasteiger partial charge in [0.2, 0.25) is 0 Å². The number of hydrogen-bond acceptors (Lipinski definition) is 4. The molecular weight excluding hydrogens is 214 g/mol. The molecule has 0 bridgehead atoms. The highest BCUT2D eigenvalue weighted by Crippen LogP contribution is 2.28. The number of rotatable bonds is 5. The van der Waals surface area contributed by atoms with E-state index in [9.17, 15) is 0 Å². The fourth-order valence-corrected chi connectivity index (χ4v) is 1.97. The molecular formula is C12H17N5. The molecule has 1 heterocycles. The number of nitriles is 2. The summed E-state index contributed by atoms with van der Waals surface area (Å²) in [4.78, 5) is 0. The van der Waals surface area contributed by atoms with Crippen LogP contribution in [0.5, 0.6) is 0 Å². The lowest BCUT2D eigenvalue weighted by molar-refractivity contribution is 0.495. The molecule has 0 radical (unpaired) electrons. The third-order valence-electron chi connectivity index (χ3n) is 2.88. The van der Waals surface area contributed by atoms with Gasteiger partial charge in [-0.25, -0.2) is 0 Å². The lowest BCUT2D eigenvalue weighted by Crippen LogP contribution is -2.05. The van der Waals surface area contributed by atoms with E-state index < -0.39 is 0 Å². The molecule has 1 aromatic rings. The molecule has 5 heteroatoms. The van der Waals surface area contributed by atoms with Crippen LogP contribution in [0.2, 0.25) is 0 Å². The third-order valence-corrected chi connectivity index (χ3v) is 2.88. The molecule has 17 heavy (non-hydrogen) atoms. The van der Waals surface area contributed by atoms with Gasteiger partial charge in [-0.1, -0.05) is 20.3 Å². The quantitative estimate of drug-likeness (QED) is 0.811. The van der Waals surface area contributed by atoms with Gasteiger partial charge in [0.1, 0.15) is 11.6 Å². The molecule has 1 aromatic heterocycles. The molecule has 0 amide bonds. The van der Waals surface area contributed by atoms with E-state index >= 15 is 0 Å². The number of nitrogen functional groups attached to an aromatic ring is 1. The molecule has 90 valence electrons. The van der Waals surface area contributed by atoms with Crippen molar-refractivity contribution in [1.82, 2.24) is 10.2 Å². The Morgan fingerprint density at radius 3 is 2.71 bits per heavy atom. The Hall–Kier alpha value is -2.01. The monoisotopic (exact) mass is 231 g/mol. The summed E-state index contributed by atoms with van der Waals surface area (Å²) in [6.07, 6.45) is 2.59. The summed E-state index contributed by atoms with van der Waals surface area (Å²) < 4.78 is 0. The van der Waals surface area contributed by atoms with E-state index in [1.807, 2.05) is 13.0 Å². The molecule has 0 aliphatic heterocycles. The van der Waals surface area contributed by atoms with Gasteiger partial charge in [0.25, 0.3) is 0 Å². The maximum atomic E-state index is 9.02. The number of anilines is 1. The largest absolute Gasteiger partial charge is 0.381 e. The molecule has 0 aliphatic carbocycles. The van der Waals surface area contributed by atoms with Gasteiger partial charge in [0.05, 0.1) is 11.8 Å². The minimum Gasteiger partial charge on any atom is -0.381 e. The van der Waals surface area contributed by atoms with E-state index in [0.717, 1.165) is 25.0 Å². The van der Waals surface area contributed by atoms with Gasteiger partial charge in [-0.3, -0.25) is 5.10 Å². The Morgan fingerprint density at radius 2 is 2.18 bits per heavy atom. The molecule has 0 saturated carbocycles. The number of aromatic amines is 1. The van der Waals surface area contributed by atoms with Crippen LogP contribution >= 0.6 is 0 Å². The van der Waals surface area contributed by atoms with E-state index in [1.165, 1.54) is 0 Å². The second kappa shape index (κ2) is 5.91. The number of H-pyrrole nitrogens is 1. The van der Waals surface area contributed by atoms with E-state index in [-0.39, 0.29) is 17.7 Å². The second-order valence-corrected chi connectivity index (χ2v) is 4.26. The Morgan fingerprint density at radius 1 is 1.47 bits per heavy atom. The first-order valence-corrected chi connectivity index (χ1v) is 5.77. The number of aromatic nitrogens is 2. The van der Waals surface area contributed by atoms with Crippen LogP contribution in [0, 0.1) is 28.6 Å². The molecule has 3 N–H and O–H groups in total. The lowest BCUT2D eigenvalue weighted by Gasteiger charge is -2.13. The van der Waals surface area contributed by atoms with Crippen LogP contribution in [-0.2, 0) is 0 Å². The van der Waals surface area contributed by atoms with Crippen LogP contribution in [0.1, 0.15) is 50.3 Å². The first-order valence-electron chi connectivity index (χ1n) is 5.77. The predicted octanol–water partition coefficient (Wildman–Crippen LogP) is 2.30. The number of hydrogen-bond donors (Lipinski definition) is 2. The zero-order valence-electron chi connectivity index (χ0n) is 10.2. The molecule has 2 atom stereocenters. The first kappa shape index (κ1) is 13.1. The van der Waals surface area contributed by atoms with Crippen molar-refractivity contribution in [3.05, 3.63) is 11.3 Å². The molecule has 0 spiro atoms. The maximum absolute atomic E-state index is 9.02. The van der Waals surface area contributed by atoms with Gasteiger partial charge in [-0.05, 0) is 12.8 Å². The Bertz CT molecular complexity index is 448. The van der Waals surface area contributed by atoms with E-state index in [2.05, 4.69) is 23.2 Å². The fourth-order valence-electron chi connectivity index (χ4n) is 1.97. The summed E-state index contributed by atoms with van der Waals surface area (Å²) >= 11 is 0. The van der Waals surface area contributed by atoms with Crippen molar-refractivity contribution >= 4 is 5.82 Å². The molecule has 1 rings (SSSR count). The van der Waals surface area contributed by atoms with Gasteiger partial charge >= 0.3 is 0 Å². The van der Waals surface area contributed by atoms with Crippen molar-refractivity contribution in [1.29, 1.82) is 10.5 Å². The number of nitrogens with one attached hydrogen (secondary N) is 1. The Labute approximate surface area is 101 Å².